The highest BCUT2D eigenvalue weighted by Gasteiger charge is 2.19. The average Bonchev–Trinajstić information content (AvgIpc) is 2.91. The first-order chi connectivity index (χ1) is 7.34. The molecule has 1 aliphatic carbocycles. The van der Waals surface area contributed by atoms with E-state index in [-0.39, 0.29) is 5.91 Å². The smallest absolute Gasteiger partial charge is 0.221 e. The predicted molar refractivity (Wildman–Crippen MR) is 51.8 cm³/mol. The Morgan fingerprint density at radius 3 is 3.13 bits per heavy atom. The maximum Gasteiger partial charge on any atom is 0.221 e. The third kappa shape index (κ3) is 3.67. The molecule has 0 radical (unpaired) electrons. The Morgan fingerprint density at radius 2 is 2.47 bits per heavy atom. The van der Waals surface area contributed by atoms with Crippen molar-refractivity contribution in [1.82, 2.24) is 20.8 Å². The Morgan fingerprint density at radius 1 is 1.60 bits per heavy atom. The zero-order valence-corrected chi connectivity index (χ0v) is 8.40. The summed E-state index contributed by atoms with van der Waals surface area (Å²) in [6.45, 7) is 1.07. The van der Waals surface area contributed by atoms with E-state index >= 15 is 0 Å². The second kappa shape index (κ2) is 4.88. The normalized spacial score (nSPS) is 15.2. The van der Waals surface area contributed by atoms with Gasteiger partial charge in [-0.2, -0.15) is 4.98 Å². The third-order valence-electron chi connectivity index (χ3n) is 2.21. The summed E-state index contributed by atoms with van der Waals surface area (Å²) < 4.78 is 4.54. The minimum absolute atomic E-state index is 0.00736. The molecule has 0 saturated heterocycles. The van der Waals surface area contributed by atoms with Gasteiger partial charge < -0.3 is 15.2 Å². The molecule has 1 aliphatic rings. The molecule has 6 nitrogen and oxygen atoms in total. The van der Waals surface area contributed by atoms with E-state index in [0.29, 0.717) is 24.8 Å². The molecule has 6 heteroatoms. The summed E-state index contributed by atoms with van der Waals surface area (Å²) in [4.78, 5) is 15.1. The number of carbonyl (C=O) groups excluding carboxylic acids is 1. The van der Waals surface area contributed by atoms with E-state index < -0.39 is 0 Å². The van der Waals surface area contributed by atoms with Crippen LogP contribution in [-0.2, 0) is 11.3 Å². The molecule has 2 rings (SSSR count). The number of hydrogen-bond donors (Lipinski definition) is 2. The first-order valence-corrected chi connectivity index (χ1v) is 5.10. The van der Waals surface area contributed by atoms with Gasteiger partial charge in [-0.05, 0) is 12.8 Å². The van der Waals surface area contributed by atoms with E-state index in [4.69, 9.17) is 0 Å². The lowest BCUT2D eigenvalue weighted by Gasteiger charge is -2.03. The van der Waals surface area contributed by atoms with E-state index in [2.05, 4.69) is 25.3 Å². The minimum Gasteiger partial charge on any atom is -0.349 e. The lowest BCUT2D eigenvalue weighted by atomic mass is 10.4. The fourth-order valence-corrected chi connectivity index (χ4v) is 1.21. The van der Waals surface area contributed by atoms with E-state index in [9.17, 15) is 4.79 Å². The Hall–Kier alpha value is -1.43. The van der Waals surface area contributed by atoms with Crippen LogP contribution in [-0.4, -0.2) is 28.6 Å². The number of carbonyl (C=O) groups is 1. The van der Waals surface area contributed by atoms with E-state index in [0.717, 1.165) is 6.54 Å². The number of amides is 1. The Balaban J connectivity index is 1.55. The van der Waals surface area contributed by atoms with Gasteiger partial charge in [0.2, 0.25) is 12.3 Å². The second-order valence-corrected chi connectivity index (χ2v) is 3.60. The van der Waals surface area contributed by atoms with Crippen molar-refractivity contribution in [2.24, 2.45) is 0 Å². The van der Waals surface area contributed by atoms with Crippen molar-refractivity contribution < 1.29 is 9.32 Å². The van der Waals surface area contributed by atoms with Crippen molar-refractivity contribution in [1.29, 1.82) is 0 Å². The molecule has 2 N–H and O–H groups in total. The SMILES string of the molecule is O=C(CCNC1CC1)NCc1ncon1. The Bertz CT molecular complexity index is 308. The largest absolute Gasteiger partial charge is 0.349 e. The van der Waals surface area contributed by atoms with Crippen LogP contribution < -0.4 is 10.6 Å². The van der Waals surface area contributed by atoms with Crippen LogP contribution in [0.15, 0.2) is 10.9 Å². The summed E-state index contributed by atoms with van der Waals surface area (Å²) in [5.74, 6) is 0.506. The van der Waals surface area contributed by atoms with E-state index in [1.54, 1.807) is 0 Å². The van der Waals surface area contributed by atoms with Gasteiger partial charge in [-0.15, -0.1) is 0 Å². The first-order valence-electron chi connectivity index (χ1n) is 5.10. The molecule has 1 aromatic rings. The van der Waals surface area contributed by atoms with E-state index in [1.807, 2.05) is 0 Å². The zero-order valence-electron chi connectivity index (χ0n) is 8.40. The maximum atomic E-state index is 11.3. The van der Waals surface area contributed by atoms with Gasteiger partial charge in [0, 0.05) is 19.0 Å². The molecule has 1 amide bonds. The topological polar surface area (TPSA) is 80.0 Å². The van der Waals surface area contributed by atoms with Crippen molar-refractivity contribution in [2.75, 3.05) is 6.54 Å². The molecule has 1 aromatic heterocycles. The van der Waals surface area contributed by atoms with Crippen molar-refractivity contribution >= 4 is 5.91 Å². The summed E-state index contributed by atoms with van der Waals surface area (Å²) >= 11 is 0. The summed E-state index contributed by atoms with van der Waals surface area (Å²) in [5, 5.41) is 9.58. The molecule has 0 aromatic carbocycles. The molecule has 0 aliphatic heterocycles. The molecule has 0 bridgehead atoms. The number of hydrogen-bond acceptors (Lipinski definition) is 5. The van der Waals surface area contributed by atoms with Crippen LogP contribution in [0.1, 0.15) is 25.1 Å². The number of aromatic nitrogens is 2. The quantitative estimate of drug-likeness (QED) is 0.681. The Labute approximate surface area is 87.4 Å². The summed E-state index contributed by atoms with van der Waals surface area (Å²) in [6, 6.07) is 0.648. The Kier molecular flexibility index (Phi) is 3.29. The maximum absolute atomic E-state index is 11.3. The van der Waals surface area contributed by atoms with Crippen molar-refractivity contribution in [3.63, 3.8) is 0 Å². The van der Waals surface area contributed by atoms with Crippen molar-refractivity contribution in [3.8, 4) is 0 Å². The highest BCUT2D eigenvalue weighted by atomic mass is 16.5. The van der Waals surface area contributed by atoms with Crippen LogP contribution in [0.25, 0.3) is 0 Å². The van der Waals surface area contributed by atoms with Crippen LogP contribution in [0, 0.1) is 0 Å². The number of rotatable bonds is 6. The molecule has 15 heavy (non-hydrogen) atoms. The third-order valence-corrected chi connectivity index (χ3v) is 2.21. The van der Waals surface area contributed by atoms with E-state index in [1.165, 1.54) is 19.2 Å². The monoisotopic (exact) mass is 210 g/mol. The number of nitrogens with one attached hydrogen (secondary N) is 2. The average molecular weight is 210 g/mol. The highest BCUT2D eigenvalue weighted by Crippen LogP contribution is 2.18. The second-order valence-electron chi connectivity index (χ2n) is 3.60. The van der Waals surface area contributed by atoms with Crippen molar-refractivity contribution in [2.45, 2.75) is 31.8 Å². The molecule has 82 valence electrons. The molecule has 0 atom stereocenters. The zero-order chi connectivity index (χ0) is 10.5. The summed E-state index contributed by atoms with van der Waals surface area (Å²) in [6.07, 6.45) is 4.22. The van der Waals surface area contributed by atoms with Gasteiger partial charge in [0.05, 0.1) is 6.54 Å². The van der Waals surface area contributed by atoms with Gasteiger partial charge in [0.25, 0.3) is 0 Å². The molecule has 1 saturated carbocycles. The van der Waals surface area contributed by atoms with Crippen LogP contribution in [0.2, 0.25) is 0 Å². The molecule has 0 unspecified atom stereocenters. The van der Waals surface area contributed by atoms with Gasteiger partial charge in [-0.1, -0.05) is 5.16 Å². The van der Waals surface area contributed by atoms with Gasteiger partial charge >= 0.3 is 0 Å². The minimum atomic E-state index is 0.00736. The lowest BCUT2D eigenvalue weighted by molar-refractivity contribution is -0.121. The van der Waals surface area contributed by atoms with Crippen molar-refractivity contribution in [3.05, 3.63) is 12.2 Å². The van der Waals surface area contributed by atoms with Gasteiger partial charge in [-0.25, -0.2) is 0 Å². The van der Waals surface area contributed by atoms with Gasteiger partial charge in [-0.3, -0.25) is 4.79 Å². The molecule has 1 heterocycles. The fourth-order valence-electron chi connectivity index (χ4n) is 1.21. The number of nitrogens with zero attached hydrogens (tertiary/aromatic N) is 2. The molecule has 1 fully saturated rings. The van der Waals surface area contributed by atoms with Gasteiger partial charge in [0.1, 0.15) is 0 Å². The summed E-state index contributed by atoms with van der Waals surface area (Å²) in [7, 11) is 0. The molecular weight excluding hydrogens is 196 g/mol. The van der Waals surface area contributed by atoms with Gasteiger partial charge in [0.15, 0.2) is 5.82 Å². The first kappa shape index (κ1) is 10.1. The molecular formula is C9H14N4O2. The molecule has 0 spiro atoms. The van der Waals surface area contributed by atoms with Crippen LogP contribution in [0.3, 0.4) is 0 Å². The lowest BCUT2D eigenvalue weighted by Crippen LogP contribution is -2.28. The fraction of sp³-hybridized carbons (Fsp3) is 0.667. The van der Waals surface area contributed by atoms with Crippen LogP contribution in [0.5, 0.6) is 0 Å². The predicted octanol–water partition coefficient (Wildman–Crippen LogP) is -0.172. The highest BCUT2D eigenvalue weighted by molar-refractivity contribution is 5.75. The summed E-state index contributed by atoms with van der Waals surface area (Å²) in [5.41, 5.74) is 0. The van der Waals surface area contributed by atoms with Crippen LogP contribution in [0.4, 0.5) is 0 Å². The van der Waals surface area contributed by atoms with Crippen LogP contribution >= 0.6 is 0 Å². The standard InChI is InChI=1S/C9H14N4O2/c14-9(3-4-10-7-1-2-7)11-5-8-12-6-15-13-8/h6-7,10H,1-5H2,(H,11,14).